The van der Waals surface area contributed by atoms with E-state index in [0.29, 0.717) is 5.65 Å². The van der Waals surface area contributed by atoms with E-state index in [2.05, 4.69) is 16.4 Å². The summed E-state index contributed by atoms with van der Waals surface area (Å²) in [6.45, 7) is 0. The molecule has 17 heavy (non-hydrogen) atoms. The van der Waals surface area contributed by atoms with Crippen molar-refractivity contribution in [1.29, 1.82) is 0 Å². The first kappa shape index (κ1) is 8.75. The molecule has 3 aromatic rings. The molecule has 0 saturated heterocycles. The van der Waals surface area contributed by atoms with Gasteiger partial charge in [-0.25, -0.2) is 4.98 Å². The van der Waals surface area contributed by atoms with Crippen LogP contribution in [0.2, 0.25) is 0 Å². The Kier molecular flexibility index (Phi) is 1.47. The molecule has 0 saturated carbocycles. The van der Waals surface area contributed by atoms with Crippen molar-refractivity contribution in [2.24, 2.45) is 0 Å². The minimum Gasteiger partial charge on any atom is -0.317 e. The molecule has 4 nitrogen and oxygen atoms in total. The van der Waals surface area contributed by atoms with Crippen LogP contribution >= 0.6 is 0 Å². The summed E-state index contributed by atoms with van der Waals surface area (Å²) in [5.41, 5.74) is 3.92. The number of aromatic amines is 1. The van der Waals surface area contributed by atoms with E-state index in [1.165, 1.54) is 0 Å². The lowest BCUT2D eigenvalue weighted by molar-refractivity contribution is 1.06. The van der Waals surface area contributed by atoms with Gasteiger partial charge in [-0.3, -0.25) is 9.20 Å². The largest absolute Gasteiger partial charge is 0.317 e. The van der Waals surface area contributed by atoms with Gasteiger partial charge in [0.25, 0.3) is 5.56 Å². The summed E-state index contributed by atoms with van der Waals surface area (Å²) in [5, 5.41) is 0. The van der Waals surface area contributed by atoms with Crippen LogP contribution in [0.15, 0.2) is 41.5 Å². The summed E-state index contributed by atoms with van der Waals surface area (Å²) in [4.78, 5) is 18.8. The Hall–Kier alpha value is -2.36. The van der Waals surface area contributed by atoms with Gasteiger partial charge in [-0.2, -0.15) is 0 Å². The van der Waals surface area contributed by atoms with Crippen LogP contribution in [-0.2, 0) is 0 Å². The molecule has 2 radical (unpaired) electrons. The van der Waals surface area contributed by atoms with Gasteiger partial charge in [-0.15, -0.1) is 0 Å². The Morgan fingerprint density at radius 2 is 2.18 bits per heavy atom. The van der Waals surface area contributed by atoms with Gasteiger partial charge in [-0.05, 0) is 5.56 Å². The molecule has 0 aliphatic heterocycles. The predicted molar refractivity (Wildman–Crippen MR) is 62.7 cm³/mol. The molecule has 80 valence electrons. The number of H-pyrrole nitrogens is 1. The van der Waals surface area contributed by atoms with Crippen LogP contribution in [0.5, 0.6) is 0 Å². The van der Waals surface area contributed by atoms with Crippen molar-refractivity contribution in [2.75, 3.05) is 0 Å². The highest BCUT2D eigenvalue weighted by Crippen LogP contribution is 2.35. The SMILES string of the molecule is O=c1[nH]c2c(n3ccnc13)[C]c1ccccc1-2. The van der Waals surface area contributed by atoms with Crippen LogP contribution < -0.4 is 5.56 Å². The van der Waals surface area contributed by atoms with Crippen molar-refractivity contribution >= 4 is 5.65 Å². The normalized spacial score (nSPS) is 12.7. The highest BCUT2D eigenvalue weighted by atomic mass is 16.1. The van der Waals surface area contributed by atoms with Crippen molar-refractivity contribution in [1.82, 2.24) is 14.4 Å². The average molecular weight is 221 g/mol. The van der Waals surface area contributed by atoms with Crippen LogP contribution in [0.3, 0.4) is 0 Å². The second-order valence-electron chi connectivity index (χ2n) is 3.97. The number of nitrogens with zero attached hydrogens (tertiary/aromatic N) is 2. The molecular formula is C13H7N3O. The monoisotopic (exact) mass is 221 g/mol. The van der Waals surface area contributed by atoms with E-state index in [4.69, 9.17) is 0 Å². The zero-order chi connectivity index (χ0) is 11.4. The fraction of sp³-hybridized carbons (Fsp3) is 0. The van der Waals surface area contributed by atoms with Gasteiger partial charge in [0, 0.05) is 18.0 Å². The van der Waals surface area contributed by atoms with Crippen LogP contribution in [0.4, 0.5) is 0 Å². The summed E-state index contributed by atoms with van der Waals surface area (Å²) in [5.74, 6) is 0. The molecule has 0 bridgehead atoms. The highest BCUT2D eigenvalue weighted by molar-refractivity contribution is 5.77. The minimum atomic E-state index is -0.174. The summed E-state index contributed by atoms with van der Waals surface area (Å²) < 4.78 is 1.77. The maximum Gasteiger partial charge on any atom is 0.292 e. The van der Waals surface area contributed by atoms with Crippen molar-refractivity contribution in [3.8, 4) is 11.3 Å². The van der Waals surface area contributed by atoms with Crippen molar-refractivity contribution in [3.05, 3.63) is 64.7 Å². The Labute approximate surface area is 96.6 Å². The van der Waals surface area contributed by atoms with E-state index in [1.54, 1.807) is 16.8 Å². The predicted octanol–water partition coefficient (Wildman–Crippen LogP) is 1.48. The molecule has 4 rings (SSSR count). The molecule has 1 aromatic carbocycles. The molecule has 0 amide bonds. The Morgan fingerprint density at radius 1 is 1.29 bits per heavy atom. The number of fused-ring (bicyclic) bond motifs is 5. The maximum absolute atomic E-state index is 11.8. The van der Waals surface area contributed by atoms with Crippen LogP contribution in [-0.4, -0.2) is 14.4 Å². The van der Waals surface area contributed by atoms with Crippen LogP contribution in [0.25, 0.3) is 16.9 Å². The molecule has 1 aliphatic carbocycles. The molecular weight excluding hydrogens is 214 g/mol. The lowest BCUT2D eigenvalue weighted by Crippen LogP contribution is -2.13. The number of nitrogens with one attached hydrogen (secondary N) is 1. The molecule has 2 heterocycles. The van der Waals surface area contributed by atoms with Gasteiger partial charge >= 0.3 is 0 Å². The third-order valence-electron chi connectivity index (χ3n) is 3.01. The maximum atomic E-state index is 11.8. The standard InChI is InChI=1S/C13H7N3O/c17-13-12-14-5-6-16(12)10-7-8-3-1-2-4-9(8)11(10)15-13/h1-6H,(H,15,17). The van der Waals surface area contributed by atoms with Crippen molar-refractivity contribution in [3.63, 3.8) is 0 Å². The molecule has 1 aliphatic rings. The number of benzene rings is 1. The van der Waals surface area contributed by atoms with E-state index in [1.807, 2.05) is 24.3 Å². The molecule has 0 unspecified atom stereocenters. The van der Waals surface area contributed by atoms with Crippen LogP contribution in [0, 0.1) is 6.42 Å². The lowest BCUT2D eigenvalue weighted by atomic mass is 10.1. The Balaban J connectivity index is 2.19. The first-order valence-corrected chi connectivity index (χ1v) is 5.30. The Bertz CT molecular complexity index is 798. The van der Waals surface area contributed by atoms with Crippen molar-refractivity contribution in [2.45, 2.75) is 0 Å². The number of imidazole rings is 1. The topological polar surface area (TPSA) is 50.2 Å². The molecule has 0 spiro atoms. The van der Waals surface area contributed by atoms with E-state index >= 15 is 0 Å². The van der Waals surface area contributed by atoms with Gasteiger partial charge in [0.2, 0.25) is 5.65 Å². The quantitative estimate of drug-likeness (QED) is 0.489. The number of hydrogen-bond acceptors (Lipinski definition) is 2. The number of rotatable bonds is 0. The highest BCUT2D eigenvalue weighted by Gasteiger charge is 2.23. The summed E-state index contributed by atoms with van der Waals surface area (Å²) in [6, 6.07) is 7.87. The lowest BCUT2D eigenvalue weighted by Gasteiger charge is -2.02. The Morgan fingerprint density at radius 3 is 3.12 bits per heavy atom. The van der Waals surface area contributed by atoms with E-state index in [-0.39, 0.29) is 5.56 Å². The third kappa shape index (κ3) is 1.02. The average Bonchev–Trinajstić information content (AvgIpc) is 2.93. The fourth-order valence-corrected chi connectivity index (χ4v) is 2.26. The van der Waals surface area contributed by atoms with E-state index in [9.17, 15) is 4.79 Å². The fourth-order valence-electron chi connectivity index (χ4n) is 2.26. The zero-order valence-corrected chi connectivity index (χ0v) is 8.77. The van der Waals surface area contributed by atoms with Gasteiger partial charge in [0.1, 0.15) is 0 Å². The number of hydrogen-bond donors (Lipinski definition) is 1. The zero-order valence-electron chi connectivity index (χ0n) is 8.77. The van der Waals surface area contributed by atoms with Gasteiger partial charge in [0.15, 0.2) is 0 Å². The summed E-state index contributed by atoms with van der Waals surface area (Å²) in [7, 11) is 0. The molecule has 0 fully saturated rings. The van der Waals surface area contributed by atoms with Crippen LogP contribution in [0.1, 0.15) is 11.3 Å². The molecule has 4 heteroatoms. The minimum absolute atomic E-state index is 0.174. The van der Waals surface area contributed by atoms with Crippen molar-refractivity contribution < 1.29 is 0 Å². The van der Waals surface area contributed by atoms with Gasteiger partial charge in [0.05, 0.1) is 17.8 Å². The first-order chi connectivity index (χ1) is 8.34. The number of aromatic nitrogens is 3. The molecule has 0 atom stereocenters. The summed E-state index contributed by atoms with van der Waals surface area (Å²) in [6.07, 6.45) is 6.69. The second-order valence-corrected chi connectivity index (χ2v) is 3.97. The first-order valence-electron chi connectivity index (χ1n) is 5.30. The third-order valence-corrected chi connectivity index (χ3v) is 3.01. The second kappa shape index (κ2) is 2.85. The smallest absolute Gasteiger partial charge is 0.292 e. The summed E-state index contributed by atoms with van der Waals surface area (Å²) >= 11 is 0. The molecule has 2 aromatic heterocycles. The van der Waals surface area contributed by atoms with Gasteiger partial charge < -0.3 is 4.98 Å². The van der Waals surface area contributed by atoms with E-state index in [0.717, 1.165) is 22.5 Å². The van der Waals surface area contributed by atoms with Gasteiger partial charge in [-0.1, -0.05) is 24.3 Å². The molecule has 1 N–H and O–H groups in total. The van der Waals surface area contributed by atoms with E-state index < -0.39 is 0 Å².